The zero-order valence-electron chi connectivity index (χ0n) is 10.7. The van der Waals surface area contributed by atoms with Crippen LogP contribution in [0.2, 0.25) is 0 Å². The van der Waals surface area contributed by atoms with Crippen LogP contribution in [-0.2, 0) is 0 Å². The third kappa shape index (κ3) is 2.79. The Labute approximate surface area is 104 Å². The molecule has 0 amide bonds. The van der Waals surface area contributed by atoms with E-state index in [1.165, 1.54) is 25.7 Å². The van der Waals surface area contributed by atoms with Crippen LogP contribution in [0, 0.1) is 24.2 Å². The summed E-state index contributed by atoms with van der Waals surface area (Å²) in [5.74, 6) is 0.811. The Morgan fingerprint density at radius 3 is 2.65 bits per heavy atom. The van der Waals surface area contributed by atoms with Gasteiger partial charge in [-0.15, -0.1) is 0 Å². The molecule has 1 unspecified atom stereocenters. The lowest BCUT2D eigenvalue weighted by Crippen LogP contribution is -2.23. The van der Waals surface area contributed by atoms with E-state index in [0.717, 1.165) is 22.7 Å². The van der Waals surface area contributed by atoms with Crippen molar-refractivity contribution in [2.75, 3.05) is 5.32 Å². The molecule has 1 saturated carbocycles. The summed E-state index contributed by atoms with van der Waals surface area (Å²) in [6.07, 6.45) is 5.46. The quantitative estimate of drug-likeness (QED) is 0.852. The van der Waals surface area contributed by atoms with Crippen LogP contribution in [0.1, 0.15) is 43.7 Å². The zero-order chi connectivity index (χ0) is 12.3. The summed E-state index contributed by atoms with van der Waals surface area (Å²) in [6.45, 7) is 4.26. The van der Waals surface area contributed by atoms with E-state index in [9.17, 15) is 0 Å². The van der Waals surface area contributed by atoms with E-state index < -0.39 is 0 Å². The van der Waals surface area contributed by atoms with Gasteiger partial charge in [0.15, 0.2) is 0 Å². The van der Waals surface area contributed by atoms with Gasteiger partial charge >= 0.3 is 0 Å². The van der Waals surface area contributed by atoms with E-state index in [-0.39, 0.29) is 0 Å². The lowest BCUT2D eigenvalue weighted by molar-refractivity contribution is 0.482. The fourth-order valence-electron chi connectivity index (χ4n) is 2.72. The highest BCUT2D eigenvalue weighted by molar-refractivity contribution is 5.52. The van der Waals surface area contributed by atoms with Crippen molar-refractivity contribution >= 4 is 5.69 Å². The van der Waals surface area contributed by atoms with E-state index in [0.29, 0.717) is 6.04 Å². The Kier molecular flexibility index (Phi) is 3.68. The second kappa shape index (κ2) is 5.23. The average Bonchev–Trinajstić information content (AvgIpc) is 2.82. The molecule has 0 radical (unpaired) electrons. The van der Waals surface area contributed by atoms with Gasteiger partial charge in [0, 0.05) is 11.7 Å². The Hall–Kier alpha value is -1.49. The molecule has 1 atom stereocenters. The molecular weight excluding hydrogens is 208 g/mol. The number of benzene rings is 1. The van der Waals surface area contributed by atoms with Gasteiger partial charge in [-0.3, -0.25) is 0 Å². The number of anilines is 1. The second-order valence-corrected chi connectivity index (χ2v) is 5.12. The maximum Gasteiger partial charge on any atom is 0.0994 e. The van der Waals surface area contributed by atoms with Crippen molar-refractivity contribution in [2.45, 2.75) is 45.6 Å². The Morgan fingerprint density at radius 2 is 2.06 bits per heavy atom. The van der Waals surface area contributed by atoms with Gasteiger partial charge in [-0.25, -0.2) is 0 Å². The number of hydrogen-bond donors (Lipinski definition) is 1. The van der Waals surface area contributed by atoms with Gasteiger partial charge in [0.1, 0.15) is 0 Å². The van der Waals surface area contributed by atoms with Crippen molar-refractivity contribution in [3.05, 3.63) is 29.3 Å². The summed E-state index contributed by atoms with van der Waals surface area (Å²) in [7, 11) is 0. The lowest BCUT2D eigenvalue weighted by Gasteiger charge is -2.21. The van der Waals surface area contributed by atoms with Crippen molar-refractivity contribution in [2.24, 2.45) is 5.92 Å². The molecule has 2 heteroatoms. The number of nitrogens with zero attached hydrogens (tertiary/aromatic N) is 1. The molecule has 0 aromatic heterocycles. The van der Waals surface area contributed by atoms with Crippen molar-refractivity contribution in [3.8, 4) is 6.07 Å². The van der Waals surface area contributed by atoms with E-state index in [1.54, 1.807) is 0 Å². The highest BCUT2D eigenvalue weighted by atomic mass is 14.9. The summed E-state index contributed by atoms with van der Waals surface area (Å²) >= 11 is 0. The number of nitriles is 1. The predicted molar refractivity (Wildman–Crippen MR) is 70.9 cm³/mol. The molecule has 1 aromatic carbocycles. The molecule has 2 rings (SSSR count). The van der Waals surface area contributed by atoms with E-state index >= 15 is 0 Å². The van der Waals surface area contributed by atoms with Crippen molar-refractivity contribution in [1.29, 1.82) is 5.26 Å². The number of hydrogen-bond acceptors (Lipinski definition) is 2. The summed E-state index contributed by atoms with van der Waals surface area (Å²) in [5, 5.41) is 12.5. The molecule has 1 fully saturated rings. The van der Waals surface area contributed by atoms with Gasteiger partial charge in [0.25, 0.3) is 0 Å². The second-order valence-electron chi connectivity index (χ2n) is 5.12. The SMILES string of the molecule is Cc1cc(NC(C)C2CCCC2)ccc1C#N. The Balaban J connectivity index is 2.03. The molecule has 0 aliphatic heterocycles. The molecule has 0 spiro atoms. The molecule has 1 aromatic rings. The molecular formula is C15H20N2. The maximum absolute atomic E-state index is 8.89. The molecule has 1 aliphatic rings. The predicted octanol–water partition coefficient (Wildman–Crippen LogP) is 3.86. The van der Waals surface area contributed by atoms with Gasteiger partial charge in [-0.2, -0.15) is 5.26 Å². The molecule has 2 nitrogen and oxygen atoms in total. The molecule has 0 bridgehead atoms. The third-order valence-electron chi connectivity index (χ3n) is 3.85. The monoisotopic (exact) mass is 228 g/mol. The van der Waals surface area contributed by atoms with Gasteiger partial charge in [-0.05, 0) is 56.4 Å². The summed E-state index contributed by atoms with van der Waals surface area (Å²) < 4.78 is 0. The van der Waals surface area contributed by atoms with Crippen LogP contribution < -0.4 is 5.32 Å². The first-order chi connectivity index (χ1) is 8.20. The minimum absolute atomic E-state index is 0.532. The largest absolute Gasteiger partial charge is 0.382 e. The highest BCUT2D eigenvalue weighted by Crippen LogP contribution is 2.29. The molecule has 1 N–H and O–H groups in total. The van der Waals surface area contributed by atoms with Gasteiger partial charge < -0.3 is 5.32 Å². The number of nitrogens with one attached hydrogen (secondary N) is 1. The van der Waals surface area contributed by atoms with Crippen LogP contribution >= 0.6 is 0 Å². The lowest BCUT2D eigenvalue weighted by atomic mass is 9.99. The fourth-order valence-corrected chi connectivity index (χ4v) is 2.72. The molecule has 17 heavy (non-hydrogen) atoms. The fraction of sp³-hybridized carbons (Fsp3) is 0.533. The van der Waals surface area contributed by atoms with E-state index in [1.807, 2.05) is 19.1 Å². The first-order valence-electron chi connectivity index (χ1n) is 6.48. The van der Waals surface area contributed by atoms with E-state index in [2.05, 4.69) is 24.4 Å². The van der Waals surface area contributed by atoms with E-state index in [4.69, 9.17) is 5.26 Å². The van der Waals surface area contributed by atoms with Gasteiger partial charge in [0.2, 0.25) is 0 Å². The molecule has 1 aliphatic carbocycles. The molecule has 0 heterocycles. The normalized spacial score (nSPS) is 17.7. The summed E-state index contributed by atoms with van der Waals surface area (Å²) in [4.78, 5) is 0. The minimum atomic E-state index is 0.532. The van der Waals surface area contributed by atoms with Crippen molar-refractivity contribution in [3.63, 3.8) is 0 Å². The Morgan fingerprint density at radius 1 is 1.35 bits per heavy atom. The zero-order valence-corrected chi connectivity index (χ0v) is 10.7. The van der Waals surface area contributed by atoms with Gasteiger partial charge in [-0.1, -0.05) is 12.8 Å². The van der Waals surface area contributed by atoms with Crippen LogP contribution in [0.25, 0.3) is 0 Å². The Bertz CT molecular complexity index is 425. The minimum Gasteiger partial charge on any atom is -0.382 e. The molecule has 0 saturated heterocycles. The van der Waals surface area contributed by atoms with Crippen LogP contribution in [0.4, 0.5) is 5.69 Å². The molecule has 90 valence electrons. The van der Waals surface area contributed by atoms with Crippen LogP contribution in [0.3, 0.4) is 0 Å². The van der Waals surface area contributed by atoms with Crippen LogP contribution in [-0.4, -0.2) is 6.04 Å². The van der Waals surface area contributed by atoms with Crippen LogP contribution in [0.15, 0.2) is 18.2 Å². The van der Waals surface area contributed by atoms with Gasteiger partial charge in [0.05, 0.1) is 11.6 Å². The summed E-state index contributed by atoms with van der Waals surface area (Å²) in [6, 6.07) is 8.72. The third-order valence-corrected chi connectivity index (χ3v) is 3.85. The van der Waals surface area contributed by atoms with Crippen molar-refractivity contribution < 1.29 is 0 Å². The first kappa shape index (κ1) is 12.0. The highest BCUT2D eigenvalue weighted by Gasteiger charge is 2.21. The summed E-state index contributed by atoms with van der Waals surface area (Å²) in [5.41, 5.74) is 2.96. The van der Waals surface area contributed by atoms with Crippen molar-refractivity contribution in [1.82, 2.24) is 0 Å². The topological polar surface area (TPSA) is 35.8 Å². The maximum atomic E-state index is 8.89. The smallest absolute Gasteiger partial charge is 0.0994 e. The first-order valence-corrected chi connectivity index (χ1v) is 6.48. The average molecular weight is 228 g/mol. The van der Waals surface area contributed by atoms with Crippen LogP contribution in [0.5, 0.6) is 0 Å². The standard InChI is InChI=1S/C15H20N2/c1-11-9-15(8-7-14(11)10-16)17-12(2)13-5-3-4-6-13/h7-9,12-13,17H,3-6H2,1-2H3. The number of rotatable bonds is 3. The number of aryl methyl sites for hydroxylation is 1.